The second-order valence-electron chi connectivity index (χ2n) is 10.1. The fourth-order valence-electron chi connectivity index (χ4n) is 6.88. The van der Waals surface area contributed by atoms with Crippen LogP contribution in [0.3, 0.4) is 0 Å². The molecule has 4 fully saturated rings. The van der Waals surface area contributed by atoms with Crippen LogP contribution in [-0.4, -0.2) is 48.1 Å². The van der Waals surface area contributed by atoms with E-state index in [0.29, 0.717) is 10.8 Å². The molecule has 0 amide bonds. The van der Waals surface area contributed by atoms with E-state index in [2.05, 4.69) is 30.6 Å². The van der Waals surface area contributed by atoms with Gasteiger partial charge in [0, 0.05) is 25.2 Å². The Morgan fingerprint density at radius 2 is 1.67 bits per heavy atom. The monoisotopic (exact) mass is 376 g/mol. The number of piperidine rings is 2. The first kappa shape index (κ1) is 20.8. The zero-order chi connectivity index (χ0) is 15.4. The number of nitrogens with zero attached hydrogens (tertiary/aromatic N) is 2. The first-order valence-electron chi connectivity index (χ1n) is 9.92. The Balaban J connectivity index is 0.00000104. The molecule has 24 heavy (non-hydrogen) atoms. The minimum atomic E-state index is 0. The van der Waals surface area contributed by atoms with Gasteiger partial charge in [-0.3, -0.25) is 4.90 Å². The van der Waals surface area contributed by atoms with Gasteiger partial charge in [0.05, 0.1) is 0 Å². The van der Waals surface area contributed by atoms with Gasteiger partial charge >= 0.3 is 0 Å². The summed E-state index contributed by atoms with van der Waals surface area (Å²) in [6.07, 6.45) is 11.7. The lowest BCUT2D eigenvalue weighted by Gasteiger charge is -2.46. The summed E-state index contributed by atoms with van der Waals surface area (Å²) in [4.78, 5) is 5.77. The highest BCUT2D eigenvalue weighted by Crippen LogP contribution is 2.52. The number of hydrogen-bond donors (Lipinski definition) is 0. The molecule has 4 heteroatoms. The Labute approximate surface area is 161 Å². The molecule has 4 aliphatic rings. The predicted molar refractivity (Wildman–Crippen MR) is 108 cm³/mol. The van der Waals surface area contributed by atoms with E-state index in [1.54, 1.807) is 0 Å². The highest BCUT2D eigenvalue weighted by Gasteiger charge is 2.50. The molecule has 4 atom stereocenters. The molecule has 0 radical (unpaired) electrons. The lowest BCUT2D eigenvalue weighted by molar-refractivity contribution is 0.0357. The molecular weight excluding hydrogens is 339 g/mol. The smallest absolute Gasteiger partial charge is 0.0136 e. The number of halogens is 2. The quantitative estimate of drug-likeness (QED) is 0.669. The van der Waals surface area contributed by atoms with Crippen molar-refractivity contribution in [3.05, 3.63) is 0 Å². The number of fused-ring (bicyclic) bond motifs is 3. The molecular formula is C20H38Cl2N2. The third kappa shape index (κ3) is 4.08. The van der Waals surface area contributed by atoms with E-state index in [9.17, 15) is 0 Å². The van der Waals surface area contributed by atoms with Gasteiger partial charge in [-0.25, -0.2) is 0 Å². The van der Waals surface area contributed by atoms with Crippen LogP contribution in [0.5, 0.6) is 0 Å². The van der Waals surface area contributed by atoms with Gasteiger partial charge < -0.3 is 4.90 Å². The van der Waals surface area contributed by atoms with Gasteiger partial charge in [0.15, 0.2) is 0 Å². The highest BCUT2D eigenvalue weighted by molar-refractivity contribution is 5.85. The van der Waals surface area contributed by atoms with E-state index in [1.165, 1.54) is 77.5 Å². The minimum Gasteiger partial charge on any atom is -0.300 e. The molecule has 142 valence electrons. The van der Waals surface area contributed by atoms with Gasteiger partial charge in [-0.15, -0.1) is 24.8 Å². The van der Waals surface area contributed by atoms with Crippen molar-refractivity contribution in [2.24, 2.45) is 16.7 Å². The molecule has 1 saturated carbocycles. The molecule has 0 N–H and O–H groups in total. The van der Waals surface area contributed by atoms with Crippen LogP contribution in [0.4, 0.5) is 0 Å². The molecule has 2 bridgehead atoms. The summed E-state index contributed by atoms with van der Waals surface area (Å²) in [7, 11) is 0. The average molecular weight is 377 g/mol. The molecule has 4 rings (SSSR count). The highest BCUT2D eigenvalue weighted by atomic mass is 35.5. The SMILES string of the molecule is CC1(C)CC2CC(C)(CN2CC2CCCN3CCCCC23)C1.Cl.Cl. The maximum atomic E-state index is 2.93. The van der Waals surface area contributed by atoms with Crippen molar-refractivity contribution < 1.29 is 0 Å². The summed E-state index contributed by atoms with van der Waals surface area (Å²) in [5, 5.41) is 0. The van der Waals surface area contributed by atoms with Crippen LogP contribution in [0.25, 0.3) is 0 Å². The standard InChI is InChI=1S/C20H36N2.2ClH/c1-19(2)11-17-12-20(3,14-19)15-22(17)13-16-7-6-10-21-9-5-4-8-18(16)21;;/h16-18H,4-15H2,1-3H3;2*1H. The summed E-state index contributed by atoms with van der Waals surface area (Å²) in [6.45, 7) is 13.1. The van der Waals surface area contributed by atoms with Crippen LogP contribution < -0.4 is 0 Å². The van der Waals surface area contributed by atoms with Gasteiger partial charge in [-0.05, 0) is 74.8 Å². The molecule has 0 aromatic carbocycles. The molecule has 0 aromatic rings. The number of rotatable bonds is 2. The first-order chi connectivity index (χ1) is 10.4. The summed E-state index contributed by atoms with van der Waals surface area (Å²) >= 11 is 0. The van der Waals surface area contributed by atoms with Crippen LogP contribution in [-0.2, 0) is 0 Å². The van der Waals surface area contributed by atoms with Gasteiger partial charge in [0.2, 0.25) is 0 Å². The van der Waals surface area contributed by atoms with E-state index in [-0.39, 0.29) is 24.8 Å². The Kier molecular flexibility index (Phi) is 6.61. The van der Waals surface area contributed by atoms with Crippen molar-refractivity contribution in [1.82, 2.24) is 9.80 Å². The van der Waals surface area contributed by atoms with E-state index in [1.807, 2.05) is 0 Å². The average Bonchev–Trinajstić information content (AvgIpc) is 2.68. The van der Waals surface area contributed by atoms with E-state index < -0.39 is 0 Å². The topological polar surface area (TPSA) is 6.48 Å². The molecule has 0 aromatic heterocycles. The van der Waals surface area contributed by atoms with Gasteiger partial charge in [-0.2, -0.15) is 0 Å². The molecule has 3 aliphatic heterocycles. The lowest BCUT2D eigenvalue weighted by Crippen LogP contribution is -2.51. The fourth-order valence-corrected chi connectivity index (χ4v) is 6.88. The molecule has 1 aliphatic carbocycles. The zero-order valence-corrected chi connectivity index (χ0v) is 17.6. The summed E-state index contributed by atoms with van der Waals surface area (Å²) in [5.41, 5.74) is 1.17. The third-order valence-corrected chi connectivity index (χ3v) is 7.22. The van der Waals surface area contributed by atoms with Crippen molar-refractivity contribution in [3.8, 4) is 0 Å². The van der Waals surface area contributed by atoms with Crippen molar-refractivity contribution in [3.63, 3.8) is 0 Å². The zero-order valence-electron chi connectivity index (χ0n) is 15.9. The molecule has 0 spiro atoms. The lowest BCUT2D eigenvalue weighted by atomic mass is 9.65. The van der Waals surface area contributed by atoms with Crippen LogP contribution in [0.1, 0.15) is 72.1 Å². The minimum absolute atomic E-state index is 0. The van der Waals surface area contributed by atoms with Gasteiger partial charge in [0.25, 0.3) is 0 Å². The van der Waals surface area contributed by atoms with E-state index >= 15 is 0 Å². The molecule has 3 heterocycles. The molecule has 3 saturated heterocycles. The second-order valence-corrected chi connectivity index (χ2v) is 10.1. The van der Waals surface area contributed by atoms with Crippen LogP contribution >= 0.6 is 24.8 Å². The van der Waals surface area contributed by atoms with Gasteiger partial charge in [0.1, 0.15) is 0 Å². The van der Waals surface area contributed by atoms with Crippen LogP contribution in [0.15, 0.2) is 0 Å². The van der Waals surface area contributed by atoms with Crippen molar-refractivity contribution in [2.45, 2.75) is 84.2 Å². The van der Waals surface area contributed by atoms with Crippen LogP contribution in [0, 0.1) is 16.7 Å². The number of hydrogen-bond acceptors (Lipinski definition) is 2. The Bertz CT molecular complexity index is 426. The van der Waals surface area contributed by atoms with E-state index in [4.69, 9.17) is 0 Å². The van der Waals surface area contributed by atoms with Crippen LogP contribution in [0.2, 0.25) is 0 Å². The largest absolute Gasteiger partial charge is 0.300 e. The normalized spacial score (nSPS) is 41.9. The second kappa shape index (κ2) is 7.62. The summed E-state index contributed by atoms with van der Waals surface area (Å²) < 4.78 is 0. The molecule has 2 nitrogen and oxygen atoms in total. The molecule has 4 unspecified atom stereocenters. The Morgan fingerprint density at radius 3 is 2.46 bits per heavy atom. The van der Waals surface area contributed by atoms with Gasteiger partial charge in [-0.1, -0.05) is 27.2 Å². The first-order valence-corrected chi connectivity index (χ1v) is 9.92. The van der Waals surface area contributed by atoms with Crippen molar-refractivity contribution in [1.29, 1.82) is 0 Å². The Morgan fingerprint density at radius 1 is 0.917 bits per heavy atom. The van der Waals surface area contributed by atoms with Crippen molar-refractivity contribution in [2.75, 3.05) is 26.2 Å². The summed E-state index contributed by atoms with van der Waals surface area (Å²) in [6, 6.07) is 1.80. The Hall–Kier alpha value is 0.500. The van der Waals surface area contributed by atoms with E-state index in [0.717, 1.165) is 18.0 Å². The fraction of sp³-hybridized carbons (Fsp3) is 1.00. The predicted octanol–water partition coefficient (Wildman–Crippen LogP) is 5.00. The van der Waals surface area contributed by atoms with Crippen molar-refractivity contribution >= 4 is 24.8 Å². The number of likely N-dealkylation sites (tertiary alicyclic amines) is 1. The maximum Gasteiger partial charge on any atom is 0.0136 e. The summed E-state index contributed by atoms with van der Waals surface area (Å²) in [5.74, 6) is 0.958. The maximum absolute atomic E-state index is 2.93. The third-order valence-electron chi connectivity index (χ3n) is 7.22.